The molecule has 0 saturated carbocycles. The second-order valence-electron chi connectivity index (χ2n) is 2.76. The molecule has 0 fully saturated rings. The van der Waals surface area contributed by atoms with Gasteiger partial charge in [0.15, 0.2) is 0 Å². The number of hydrogen-bond donors (Lipinski definition) is 0. The lowest BCUT2D eigenvalue weighted by molar-refractivity contribution is 0.0505. The van der Waals surface area contributed by atoms with Gasteiger partial charge in [0.1, 0.15) is 0 Å². The molecule has 14 heavy (non-hydrogen) atoms. The third-order valence-corrected chi connectivity index (χ3v) is 2.39. The fourth-order valence-corrected chi connectivity index (χ4v) is 1.68. The second-order valence-corrected chi connectivity index (χ2v) is 4.08. The quantitative estimate of drug-likeness (QED) is 0.788. The summed E-state index contributed by atoms with van der Waals surface area (Å²) in [6, 6.07) is 5.07. The lowest BCUT2D eigenvalue weighted by atomic mass is 10.2. The molecular formula is C10H10BrClO2. The van der Waals surface area contributed by atoms with Crippen LogP contribution in [0.25, 0.3) is 0 Å². The molecule has 0 spiro atoms. The van der Waals surface area contributed by atoms with Gasteiger partial charge in [0.25, 0.3) is 0 Å². The van der Waals surface area contributed by atoms with E-state index in [2.05, 4.69) is 15.9 Å². The largest absolute Gasteiger partial charge is 0.462 e. The Bertz CT molecular complexity index is 339. The SMILES string of the molecule is CCCOC(=O)c1ccc(Br)cc1Cl. The Morgan fingerprint density at radius 1 is 1.57 bits per heavy atom. The number of carbonyl (C=O) groups excluding carboxylic acids is 1. The number of esters is 1. The van der Waals surface area contributed by atoms with E-state index in [1.165, 1.54) is 0 Å². The first-order chi connectivity index (χ1) is 6.65. The Hall–Kier alpha value is -0.540. The number of ether oxygens (including phenoxy) is 1. The van der Waals surface area contributed by atoms with E-state index in [0.29, 0.717) is 17.2 Å². The summed E-state index contributed by atoms with van der Waals surface area (Å²) >= 11 is 9.13. The van der Waals surface area contributed by atoms with Crippen molar-refractivity contribution in [1.82, 2.24) is 0 Å². The molecular weight excluding hydrogens is 267 g/mol. The molecule has 1 aromatic carbocycles. The number of halogens is 2. The van der Waals surface area contributed by atoms with Crippen LogP contribution in [0.1, 0.15) is 23.7 Å². The molecule has 1 rings (SSSR count). The van der Waals surface area contributed by atoms with Crippen LogP contribution in [0.5, 0.6) is 0 Å². The van der Waals surface area contributed by atoms with Gasteiger partial charge in [0, 0.05) is 4.47 Å². The molecule has 0 N–H and O–H groups in total. The monoisotopic (exact) mass is 276 g/mol. The lowest BCUT2D eigenvalue weighted by Crippen LogP contribution is -2.06. The minimum Gasteiger partial charge on any atom is -0.462 e. The zero-order valence-corrected chi connectivity index (χ0v) is 10.1. The molecule has 4 heteroatoms. The first-order valence-corrected chi connectivity index (χ1v) is 5.44. The van der Waals surface area contributed by atoms with Crippen LogP contribution in [0.4, 0.5) is 0 Å². The van der Waals surface area contributed by atoms with Gasteiger partial charge in [-0.1, -0.05) is 34.5 Å². The highest BCUT2D eigenvalue weighted by atomic mass is 79.9. The molecule has 0 saturated heterocycles. The predicted molar refractivity (Wildman–Crippen MR) is 59.7 cm³/mol. The van der Waals surface area contributed by atoms with E-state index in [9.17, 15) is 4.79 Å². The van der Waals surface area contributed by atoms with Crippen LogP contribution in [-0.2, 0) is 4.74 Å². The Morgan fingerprint density at radius 3 is 2.86 bits per heavy atom. The predicted octanol–water partition coefficient (Wildman–Crippen LogP) is 3.67. The van der Waals surface area contributed by atoms with Crippen LogP contribution >= 0.6 is 27.5 Å². The van der Waals surface area contributed by atoms with Gasteiger partial charge in [-0.3, -0.25) is 0 Å². The Morgan fingerprint density at radius 2 is 2.29 bits per heavy atom. The topological polar surface area (TPSA) is 26.3 Å². The summed E-state index contributed by atoms with van der Waals surface area (Å²) in [7, 11) is 0. The van der Waals surface area contributed by atoms with Crippen molar-refractivity contribution < 1.29 is 9.53 Å². The van der Waals surface area contributed by atoms with Crippen molar-refractivity contribution in [2.24, 2.45) is 0 Å². The van der Waals surface area contributed by atoms with Crippen molar-refractivity contribution in [3.63, 3.8) is 0 Å². The molecule has 0 radical (unpaired) electrons. The van der Waals surface area contributed by atoms with Crippen molar-refractivity contribution in [3.8, 4) is 0 Å². The van der Waals surface area contributed by atoms with Gasteiger partial charge in [-0.15, -0.1) is 0 Å². The Kier molecular flexibility index (Phi) is 4.42. The van der Waals surface area contributed by atoms with Gasteiger partial charge in [0.2, 0.25) is 0 Å². The highest BCUT2D eigenvalue weighted by molar-refractivity contribution is 9.10. The normalized spacial score (nSPS) is 9.93. The van der Waals surface area contributed by atoms with Crippen molar-refractivity contribution >= 4 is 33.5 Å². The van der Waals surface area contributed by atoms with E-state index in [-0.39, 0.29) is 5.97 Å². The van der Waals surface area contributed by atoms with E-state index in [4.69, 9.17) is 16.3 Å². The van der Waals surface area contributed by atoms with Crippen LogP contribution in [0.3, 0.4) is 0 Å². The first-order valence-electron chi connectivity index (χ1n) is 4.27. The standard InChI is InChI=1S/C10H10BrClO2/c1-2-5-14-10(13)8-4-3-7(11)6-9(8)12/h3-4,6H,2,5H2,1H3. The summed E-state index contributed by atoms with van der Waals surface area (Å²) in [5.41, 5.74) is 0.406. The number of rotatable bonds is 3. The molecule has 0 aromatic heterocycles. The molecule has 0 aliphatic carbocycles. The van der Waals surface area contributed by atoms with E-state index in [0.717, 1.165) is 10.9 Å². The Labute approximate surface area is 96.3 Å². The van der Waals surface area contributed by atoms with Gasteiger partial charge in [-0.25, -0.2) is 4.79 Å². The van der Waals surface area contributed by atoms with Gasteiger partial charge < -0.3 is 4.74 Å². The third kappa shape index (κ3) is 3.00. The fraction of sp³-hybridized carbons (Fsp3) is 0.300. The van der Waals surface area contributed by atoms with Crippen molar-refractivity contribution in [2.75, 3.05) is 6.61 Å². The maximum Gasteiger partial charge on any atom is 0.339 e. The molecule has 76 valence electrons. The number of benzene rings is 1. The highest BCUT2D eigenvalue weighted by Crippen LogP contribution is 2.21. The summed E-state index contributed by atoms with van der Waals surface area (Å²) in [5.74, 6) is -0.371. The van der Waals surface area contributed by atoms with E-state index in [1.807, 2.05) is 6.92 Å². The lowest BCUT2D eigenvalue weighted by Gasteiger charge is -2.04. The summed E-state index contributed by atoms with van der Waals surface area (Å²) in [6.45, 7) is 2.36. The minimum atomic E-state index is -0.371. The maximum atomic E-state index is 11.4. The molecule has 0 aliphatic heterocycles. The Balaban J connectivity index is 2.80. The van der Waals surface area contributed by atoms with Crippen LogP contribution in [0.15, 0.2) is 22.7 Å². The molecule has 0 heterocycles. The minimum absolute atomic E-state index is 0.371. The summed E-state index contributed by atoms with van der Waals surface area (Å²) in [4.78, 5) is 11.4. The molecule has 0 bridgehead atoms. The van der Waals surface area contributed by atoms with Crippen molar-refractivity contribution in [3.05, 3.63) is 33.3 Å². The van der Waals surface area contributed by atoms with Crippen LogP contribution in [-0.4, -0.2) is 12.6 Å². The first kappa shape index (κ1) is 11.5. The van der Waals surface area contributed by atoms with Gasteiger partial charge in [0.05, 0.1) is 17.2 Å². The summed E-state index contributed by atoms with van der Waals surface area (Å²) < 4.78 is 5.80. The van der Waals surface area contributed by atoms with Crippen LogP contribution in [0, 0.1) is 0 Å². The average molecular weight is 278 g/mol. The third-order valence-electron chi connectivity index (χ3n) is 1.59. The van der Waals surface area contributed by atoms with E-state index < -0.39 is 0 Å². The molecule has 0 aliphatic rings. The molecule has 0 atom stereocenters. The number of hydrogen-bond acceptors (Lipinski definition) is 2. The number of carbonyl (C=O) groups is 1. The van der Waals surface area contributed by atoms with Crippen LogP contribution < -0.4 is 0 Å². The van der Waals surface area contributed by atoms with Gasteiger partial charge in [-0.2, -0.15) is 0 Å². The molecule has 0 amide bonds. The smallest absolute Gasteiger partial charge is 0.339 e. The van der Waals surface area contributed by atoms with E-state index in [1.54, 1.807) is 18.2 Å². The fourth-order valence-electron chi connectivity index (χ4n) is 0.928. The highest BCUT2D eigenvalue weighted by Gasteiger charge is 2.11. The molecule has 2 nitrogen and oxygen atoms in total. The summed E-state index contributed by atoms with van der Waals surface area (Å²) in [5, 5.41) is 0.403. The average Bonchev–Trinajstić information content (AvgIpc) is 2.14. The van der Waals surface area contributed by atoms with E-state index >= 15 is 0 Å². The maximum absolute atomic E-state index is 11.4. The zero-order valence-electron chi connectivity index (χ0n) is 7.72. The van der Waals surface area contributed by atoms with Crippen molar-refractivity contribution in [1.29, 1.82) is 0 Å². The van der Waals surface area contributed by atoms with Gasteiger partial charge in [-0.05, 0) is 24.6 Å². The molecule has 0 unspecified atom stereocenters. The van der Waals surface area contributed by atoms with Crippen LogP contribution in [0.2, 0.25) is 5.02 Å². The van der Waals surface area contributed by atoms with Crippen molar-refractivity contribution in [2.45, 2.75) is 13.3 Å². The van der Waals surface area contributed by atoms with Gasteiger partial charge >= 0.3 is 5.97 Å². The zero-order chi connectivity index (χ0) is 10.6. The molecule has 1 aromatic rings. The second kappa shape index (κ2) is 5.37. The summed E-state index contributed by atoms with van der Waals surface area (Å²) in [6.07, 6.45) is 0.805.